The van der Waals surface area contributed by atoms with Gasteiger partial charge in [-0.25, -0.2) is 5.43 Å². The minimum absolute atomic E-state index is 0.0238. The number of carbonyl (C=O) groups excluding carboxylic acids is 1. The van der Waals surface area contributed by atoms with Crippen molar-refractivity contribution in [2.45, 2.75) is 0 Å². The highest BCUT2D eigenvalue weighted by molar-refractivity contribution is 9.10. The van der Waals surface area contributed by atoms with Gasteiger partial charge >= 0.3 is 0 Å². The second kappa shape index (κ2) is 6.79. The Hall–Kier alpha value is -2.74. The molecule has 0 spiro atoms. The second-order valence-corrected chi connectivity index (χ2v) is 5.67. The molecule has 1 heterocycles. The van der Waals surface area contributed by atoms with Crippen molar-refractivity contribution in [3.8, 4) is 23.0 Å². The molecule has 0 fully saturated rings. The van der Waals surface area contributed by atoms with Crippen LogP contribution >= 0.6 is 15.9 Å². The largest absolute Gasteiger partial charge is 0.504 e. The molecule has 0 radical (unpaired) electrons. The summed E-state index contributed by atoms with van der Waals surface area (Å²) in [6.07, 6.45) is 1.41. The molecule has 3 rings (SSSR count). The molecule has 0 aromatic heterocycles. The smallest absolute Gasteiger partial charge is 0.271 e. The Morgan fingerprint density at radius 1 is 1.33 bits per heavy atom. The number of fused-ring (bicyclic) bond motifs is 1. The highest BCUT2D eigenvalue weighted by Gasteiger charge is 2.16. The van der Waals surface area contributed by atoms with E-state index in [0.29, 0.717) is 32.8 Å². The number of nitrogens with one attached hydrogen (secondary N) is 1. The number of nitrogens with zero attached hydrogens (tertiary/aromatic N) is 1. The van der Waals surface area contributed by atoms with Crippen LogP contribution in [0.5, 0.6) is 23.0 Å². The molecule has 24 heavy (non-hydrogen) atoms. The molecule has 1 amide bonds. The number of methoxy groups -OCH3 is 1. The molecular weight excluding hydrogens is 380 g/mol. The summed E-state index contributed by atoms with van der Waals surface area (Å²) in [6.45, 7) is 0.146. The van der Waals surface area contributed by atoms with Gasteiger partial charge in [-0.15, -0.1) is 0 Å². The molecule has 124 valence electrons. The third-order valence-electron chi connectivity index (χ3n) is 3.30. The first-order valence-corrected chi connectivity index (χ1v) is 7.67. The van der Waals surface area contributed by atoms with Crippen molar-refractivity contribution in [3.05, 3.63) is 45.9 Å². The van der Waals surface area contributed by atoms with Gasteiger partial charge in [0.15, 0.2) is 23.0 Å². The number of phenolic OH excluding ortho intramolecular Hbond substituents is 1. The molecule has 0 aliphatic carbocycles. The summed E-state index contributed by atoms with van der Waals surface area (Å²) in [4.78, 5) is 12.1. The van der Waals surface area contributed by atoms with Crippen molar-refractivity contribution in [2.24, 2.45) is 5.10 Å². The van der Waals surface area contributed by atoms with Crippen LogP contribution in [0.1, 0.15) is 15.9 Å². The molecule has 1 aliphatic heterocycles. The summed E-state index contributed by atoms with van der Waals surface area (Å²) >= 11 is 3.34. The lowest BCUT2D eigenvalue weighted by Crippen LogP contribution is -2.17. The standard InChI is InChI=1S/C16H13BrN2O5/c1-22-14-6-11(17)10(4-12(14)20)7-18-19-16(21)9-2-3-13-15(5-9)24-8-23-13/h2-7,20H,8H2,1H3,(H,19,21)/b18-7-. The first kappa shape index (κ1) is 16.1. The summed E-state index contributed by atoms with van der Waals surface area (Å²) in [5.41, 5.74) is 3.39. The van der Waals surface area contributed by atoms with E-state index in [0.717, 1.165) is 0 Å². The van der Waals surface area contributed by atoms with Crippen LogP contribution in [0.15, 0.2) is 39.9 Å². The maximum absolute atomic E-state index is 12.1. The molecule has 1 aliphatic rings. The fraction of sp³-hybridized carbons (Fsp3) is 0.125. The molecule has 0 bridgehead atoms. The fourth-order valence-corrected chi connectivity index (χ4v) is 2.51. The molecule has 0 saturated carbocycles. The van der Waals surface area contributed by atoms with E-state index in [4.69, 9.17) is 14.2 Å². The van der Waals surface area contributed by atoms with E-state index in [2.05, 4.69) is 26.5 Å². The zero-order chi connectivity index (χ0) is 17.1. The number of ether oxygens (including phenoxy) is 3. The minimum Gasteiger partial charge on any atom is -0.504 e. The van der Waals surface area contributed by atoms with Crippen LogP contribution < -0.4 is 19.6 Å². The Kier molecular flexibility index (Phi) is 4.57. The highest BCUT2D eigenvalue weighted by atomic mass is 79.9. The molecule has 2 aromatic carbocycles. The van der Waals surface area contributed by atoms with E-state index in [-0.39, 0.29) is 12.5 Å². The lowest BCUT2D eigenvalue weighted by molar-refractivity contribution is 0.0954. The van der Waals surface area contributed by atoms with Crippen LogP contribution in [0.4, 0.5) is 0 Å². The Balaban J connectivity index is 1.70. The summed E-state index contributed by atoms with van der Waals surface area (Å²) < 4.78 is 16.1. The molecule has 2 aromatic rings. The quantitative estimate of drug-likeness (QED) is 0.616. The first-order chi connectivity index (χ1) is 11.6. The zero-order valence-corrected chi connectivity index (χ0v) is 14.2. The minimum atomic E-state index is -0.390. The average molecular weight is 393 g/mol. The monoisotopic (exact) mass is 392 g/mol. The highest BCUT2D eigenvalue weighted by Crippen LogP contribution is 2.33. The Morgan fingerprint density at radius 3 is 2.92 bits per heavy atom. The predicted octanol–water partition coefficient (Wildman–Crippen LogP) is 2.66. The van der Waals surface area contributed by atoms with E-state index >= 15 is 0 Å². The van der Waals surface area contributed by atoms with Crippen LogP contribution in [0.3, 0.4) is 0 Å². The van der Waals surface area contributed by atoms with Crippen LogP contribution in [0, 0.1) is 0 Å². The van der Waals surface area contributed by atoms with Crippen LogP contribution in [0.2, 0.25) is 0 Å². The maximum atomic E-state index is 12.1. The number of carbonyl (C=O) groups is 1. The van der Waals surface area contributed by atoms with Gasteiger partial charge in [0.2, 0.25) is 6.79 Å². The number of hydrogen-bond donors (Lipinski definition) is 2. The SMILES string of the molecule is COc1cc(Br)c(/C=N\NC(=O)c2ccc3c(c2)OCO3)cc1O. The number of hydrazone groups is 1. The van der Waals surface area contributed by atoms with Crippen molar-refractivity contribution in [2.75, 3.05) is 13.9 Å². The maximum Gasteiger partial charge on any atom is 0.271 e. The van der Waals surface area contributed by atoms with Gasteiger partial charge < -0.3 is 19.3 Å². The molecule has 2 N–H and O–H groups in total. The van der Waals surface area contributed by atoms with Crippen molar-refractivity contribution >= 4 is 28.1 Å². The topological polar surface area (TPSA) is 89.4 Å². The summed E-state index contributed by atoms with van der Waals surface area (Å²) in [5, 5.41) is 13.7. The van der Waals surface area contributed by atoms with Crippen molar-refractivity contribution in [3.63, 3.8) is 0 Å². The van der Waals surface area contributed by atoms with Crippen molar-refractivity contribution in [1.29, 1.82) is 0 Å². The number of halogens is 1. The Morgan fingerprint density at radius 2 is 2.12 bits per heavy atom. The predicted molar refractivity (Wildman–Crippen MR) is 90.0 cm³/mol. The van der Waals surface area contributed by atoms with Gasteiger partial charge in [0.1, 0.15) is 0 Å². The number of aromatic hydroxyl groups is 1. The lowest BCUT2D eigenvalue weighted by Gasteiger charge is -2.06. The van der Waals surface area contributed by atoms with Gasteiger partial charge in [-0.3, -0.25) is 4.79 Å². The molecule has 8 heteroatoms. The summed E-state index contributed by atoms with van der Waals surface area (Å²) in [7, 11) is 1.46. The van der Waals surface area contributed by atoms with Gasteiger partial charge in [-0.2, -0.15) is 5.10 Å². The van der Waals surface area contributed by atoms with Gasteiger partial charge in [0.05, 0.1) is 13.3 Å². The Labute approximate surface area is 146 Å². The van der Waals surface area contributed by atoms with Gasteiger partial charge in [-0.05, 0) is 46.3 Å². The normalized spacial score (nSPS) is 12.4. The average Bonchev–Trinajstić information content (AvgIpc) is 3.05. The number of hydrogen-bond acceptors (Lipinski definition) is 6. The molecule has 0 unspecified atom stereocenters. The van der Waals surface area contributed by atoms with Crippen LogP contribution in [0.25, 0.3) is 0 Å². The zero-order valence-electron chi connectivity index (χ0n) is 12.6. The van der Waals surface area contributed by atoms with Crippen LogP contribution in [-0.2, 0) is 0 Å². The molecule has 0 atom stereocenters. The van der Waals surface area contributed by atoms with Crippen LogP contribution in [-0.4, -0.2) is 31.1 Å². The van der Waals surface area contributed by atoms with Gasteiger partial charge in [-0.1, -0.05) is 0 Å². The number of benzene rings is 2. The Bertz CT molecular complexity index is 822. The number of rotatable bonds is 4. The van der Waals surface area contributed by atoms with Gasteiger partial charge in [0, 0.05) is 15.6 Å². The lowest BCUT2D eigenvalue weighted by atomic mass is 10.2. The second-order valence-electron chi connectivity index (χ2n) is 4.81. The van der Waals surface area contributed by atoms with E-state index in [9.17, 15) is 9.90 Å². The third kappa shape index (κ3) is 3.28. The molecule has 0 saturated heterocycles. The van der Waals surface area contributed by atoms with E-state index in [1.54, 1.807) is 24.3 Å². The number of amides is 1. The van der Waals surface area contributed by atoms with Gasteiger partial charge in [0.25, 0.3) is 5.91 Å². The molecular formula is C16H13BrN2O5. The van der Waals surface area contributed by atoms with Crippen molar-refractivity contribution in [1.82, 2.24) is 5.43 Å². The van der Waals surface area contributed by atoms with E-state index < -0.39 is 5.91 Å². The van der Waals surface area contributed by atoms with E-state index in [1.807, 2.05) is 0 Å². The fourth-order valence-electron chi connectivity index (χ4n) is 2.08. The summed E-state index contributed by atoms with van der Waals surface area (Å²) in [6, 6.07) is 7.95. The first-order valence-electron chi connectivity index (χ1n) is 6.88. The number of phenols is 1. The van der Waals surface area contributed by atoms with E-state index in [1.165, 1.54) is 19.4 Å². The van der Waals surface area contributed by atoms with Crippen molar-refractivity contribution < 1.29 is 24.1 Å². The summed E-state index contributed by atoms with van der Waals surface area (Å²) in [5.74, 6) is 1.05. The third-order valence-corrected chi connectivity index (χ3v) is 3.99. The molecule has 7 nitrogen and oxygen atoms in total.